The molecule has 1 heterocycles. The maximum Gasteiger partial charge on any atom is 0.123 e. The third-order valence-electron chi connectivity index (χ3n) is 2.44. The molecule has 0 saturated carbocycles. The third-order valence-corrected chi connectivity index (χ3v) is 2.44. The lowest BCUT2D eigenvalue weighted by atomic mass is 10.2. The van der Waals surface area contributed by atoms with Gasteiger partial charge in [-0.15, -0.1) is 0 Å². The van der Waals surface area contributed by atoms with Crippen molar-refractivity contribution in [1.29, 1.82) is 0 Å². The number of nitrogens with one attached hydrogen (secondary N) is 1. The van der Waals surface area contributed by atoms with Gasteiger partial charge in [-0.05, 0) is 49.7 Å². The summed E-state index contributed by atoms with van der Waals surface area (Å²) in [6.45, 7) is 4.39. The van der Waals surface area contributed by atoms with Crippen molar-refractivity contribution in [2.45, 2.75) is 20.4 Å². The van der Waals surface area contributed by atoms with Crippen molar-refractivity contribution in [2.24, 2.45) is 0 Å². The molecular weight excluding hydrogens is 205 g/mol. The Hall–Kier alpha value is -1.77. The number of anilines is 1. The van der Waals surface area contributed by atoms with Gasteiger partial charge in [-0.1, -0.05) is 0 Å². The van der Waals surface area contributed by atoms with Crippen LogP contribution in [0.2, 0.25) is 0 Å². The average molecular weight is 219 g/mol. The molecule has 0 saturated heterocycles. The zero-order valence-corrected chi connectivity index (χ0v) is 9.38. The molecule has 0 bridgehead atoms. The van der Waals surface area contributed by atoms with E-state index in [1.54, 1.807) is 6.07 Å². The fourth-order valence-electron chi connectivity index (χ4n) is 1.59. The molecule has 0 aliphatic rings. The molecule has 1 aromatic carbocycles. The van der Waals surface area contributed by atoms with Gasteiger partial charge in [-0.3, -0.25) is 0 Å². The Morgan fingerprint density at radius 3 is 2.62 bits per heavy atom. The van der Waals surface area contributed by atoms with Crippen LogP contribution < -0.4 is 5.32 Å². The van der Waals surface area contributed by atoms with Crippen molar-refractivity contribution in [2.75, 3.05) is 5.32 Å². The van der Waals surface area contributed by atoms with Gasteiger partial charge >= 0.3 is 0 Å². The molecule has 0 aliphatic carbocycles. The molecule has 16 heavy (non-hydrogen) atoms. The SMILES string of the molecule is Cc1ccc(CNc2ccc(F)cc2C)o1. The summed E-state index contributed by atoms with van der Waals surface area (Å²) in [5.74, 6) is 1.56. The van der Waals surface area contributed by atoms with Crippen LogP contribution >= 0.6 is 0 Å². The molecule has 0 atom stereocenters. The maximum absolute atomic E-state index is 12.9. The molecule has 0 aliphatic heterocycles. The van der Waals surface area contributed by atoms with Crippen LogP contribution in [0.25, 0.3) is 0 Å². The molecule has 84 valence electrons. The minimum absolute atomic E-state index is 0.211. The summed E-state index contributed by atoms with van der Waals surface area (Å²) in [6.07, 6.45) is 0. The molecule has 2 aromatic rings. The standard InChI is InChI=1S/C13H14FNO/c1-9-7-11(14)4-6-13(9)15-8-12-5-3-10(2)16-12/h3-7,15H,8H2,1-2H3. The number of aryl methyl sites for hydroxylation is 2. The van der Waals surface area contributed by atoms with Crippen molar-refractivity contribution in [3.05, 3.63) is 53.2 Å². The van der Waals surface area contributed by atoms with Gasteiger partial charge in [0.15, 0.2) is 0 Å². The molecule has 3 heteroatoms. The lowest BCUT2D eigenvalue weighted by molar-refractivity contribution is 0.490. The molecule has 0 unspecified atom stereocenters. The van der Waals surface area contributed by atoms with E-state index in [9.17, 15) is 4.39 Å². The number of rotatable bonds is 3. The Kier molecular flexibility index (Phi) is 2.95. The lowest BCUT2D eigenvalue weighted by Gasteiger charge is -2.07. The van der Waals surface area contributed by atoms with Crippen LogP contribution in [-0.2, 0) is 6.54 Å². The van der Waals surface area contributed by atoms with Gasteiger partial charge in [0, 0.05) is 5.69 Å². The second-order valence-electron chi connectivity index (χ2n) is 3.83. The zero-order valence-electron chi connectivity index (χ0n) is 9.38. The van der Waals surface area contributed by atoms with Gasteiger partial charge in [0.1, 0.15) is 17.3 Å². The highest BCUT2D eigenvalue weighted by atomic mass is 19.1. The third kappa shape index (κ3) is 2.42. The van der Waals surface area contributed by atoms with Crippen LogP contribution in [0.15, 0.2) is 34.7 Å². The number of hydrogen-bond donors (Lipinski definition) is 1. The fraction of sp³-hybridized carbons (Fsp3) is 0.231. The number of furan rings is 1. The van der Waals surface area contributed by atoms with Crippen LogP contribution in [0.4, 0.5) is 10.1 Å². The van der Waals surface area contributed by atoms with Crippen molar-refractivity contribution in [1.82, 2.24) is 0 Å². The Bertz CT molecular complexity index is 490. The Labute approximate surface area is 94.1 Å². The number of halogens is 1. The molecular formula is C13H14FNO. The average Bonchev–Trinajstić information content (AvgIpc) is 2.63. The molecule has 0 radical (unpaired) electrons. The van der Waals surface area contributed by atoms with Gasteiger partial charge in [-0.25, -0.2) is 4.39 Å². The minimum Gasteiger partial charge on any atom is -0.465 e. The molecule has 0 amide bonds. The predicted molar refractivity (Wildman–Crippen MR) is 61.9 cm³/mol. The summed E-state index contributed by atoms with van der Waals surface area (Å²) in [4.78, 5) is 0. The van der Waals surface area contributed by atoms with E-state index in [0.717, 1.165) is 22.8 Å². The monoisotopic (exact) mass is 219 g/mol. The van der Waals surface area contributed by atoms with Crippen LogP contribution in [0.1, 0.15) is 17.1 Å². The van der Waals surface area contributed by atoms with Crippen LogP contribution in [0.5, 0.6) is 0 Å². The van der Waals surface area contributed by atoms with Crippen LogP contribution in [-0.4, -0.2) is 0 Å². The zero-order chi connectivity index (χ0) is 11.5. The number of benzene rings is 1. The van der Waals surface area contributed by atoms with E-state index >= 15 is 0 Å². The van der Waals surface area contributed by atoms with E-state index in [1.807, 2.05) is 26.0 Å². The van der Waals surface area contributed by atoms with Crippen molar-refractivity contribution < 1.29 is 8.81 Å². The first kappa shape index (κ1) is 10.7. The molecule has 2 rings (SSSR count). The second kappa shape index (κ2) is 4.39. The molecule has 1 aromatic heterocycles. The van der Waals surface area contributed by atoms with E-state index in [0.29, 0.717) is 6.54 Å². The maximum atomic E-state index is 12.9. The first-order valence-corrected chi connectivity index (χ1v) is 5.20. The van der Waals surface area contributed by atoms with Gasteiger partial charge in [-0.2, -0.15) is 0 Å². The smallest absolute Gasteiger partial charge is 0.123 e. The summed E-state index contributed by atoms with van der Waals surface area (Å²) in [5.41, 5.74) is 1.82. The first-order valence-electron chi connectivity index (χ1n) is 5.20. The quantitative estimate of drug-likeness (QED) is 0.852. The highest BCUT2D eigenvalue weighted by molar-refractivity contribution is 5.50. The van der Waals surface area contributed by atoms with Crippen molar-refractivity contribution >= 4 is 5.69 Å². The van der Waals surface area contributed by atoms with E-state index in [1.165, 1.54) is 12.1 Å². The Balaban J connectivity index is 2.04. The molecule has 0 fully saturated rings. The van der Waals surface area contributed by atoms with Crippen molar-refractivity contribution in [3.8, 4) is 0 Å². The van der Waals surface area contributed by atoms with Crippen molar-refractivity contribution in [3.63, 3.8) is 0 Å². The fourth-order valence-corrected chi connectivity index (χ4v) is 1.59. The van der Waals surface area contributed by atoms with E-state index in [-0.39, 0.29) is 5.82 Å². The summed E-state index contributed by atoms with van der Waals surface area (Å²) >= 11 is 0. The Morgan fingerprint density at radius 2 is 2.00 bits per heavy atom. The molecule has 2 nitrogen and oxygen atoms in total. The van der Waals surface area contributed by atoms with Gasteiger partial charge in [0.25, 0.3) is 0 Å². The summed E-state index contributed by atoms with van der Waals surface area (Å²) < 4.78 is 18.3. The lowest BCUT2D eigenvalue weighted by Crippen LogP contribution is -2.00. The molecule has 0 spiro atoms. The largest absolute Gasteiger partial charge is 0.465 e. The normalized spacial score (nSPS) is 10.4. The van der Waals surface area contributed by atoms with Crippen LogP contribution in [0, 0.1) is 19.7 Å². The van der Waals surface area contributed by atoms with Gasteiger partial charge < -0.3 is 9.73 Å². The predicted octanol–water partition coefficient (Wildman–Crippen LogP) is 3.65. The van der Waals surface area contributed by atoms with E-state index < -0.39 is 0 Å². The van der Waals surface area contributed by atoms with E-state index in [4.69, 9.17) is 4.42 Å². The topological polar surface area (TPSA) is 25.2 Å². The van der Waals surface area contributed by atoms with Gasteiger partial charge in [0.2, 0.25) is 0 Å². The van der Waals surface area contributed by atoms with Crippen LogP contribution in [0.3, 0.4) is 0 Å². The second-order valence-corrected chi connectivity index (χ2v) is 3.83. The van der Waals surface area contributed by atoms with E-state index in [2.05, 4.69) is 5.32 Å². The number of hydrogen-bond acceptors (Lipinski definition) is 2. The minimum atomic E-state index is -0.211. The highest BCUT2D eigenvalue weighted by Crippen LogP contribution is 2.17. The summed E-state index contributed by atoms with van der Waals surface area (Å²) in [6, 6.07) is 8.55. The Morgan fingerprint density at radius 1 is 1.19 bits per heavy atom. The summed E-state index contributed by atoms with van der Waals surface area (Å²) in [7, 11) is 0. The first-order chi connectivity index (χ1) is 7.65. The summed E-state index contributed by atoms with van der Waals surface area (Å²) in [5, 5.41) is 3.21. The highest BCUT2D eigenvalue weighted by Gasteiger charge is 2.01. The van der Waals surface area contributed by atoms with Gasteiger partial charge in [0.05, 0.1) is 6.54 Å². The molecule has 1 N–H and O–H groups in total.